The molecule has 5 rings (SSSR count). The average molecular weight is 393 g/mol. The van der Waals surface area contributed by atoms with Crippen molar-refractivity contribution < 1.29 is 9.18 Å². The zero-order valence-electron chi connectivity index (χ0n) is 16.0. The third-order valence-corrected chi connectivity index (χ3v) is 5.41. The minimum Gasteiger partial charge on any atom is -0.351 e. The fraction of sp³-hybridized carbons (Fsp3) is 0.300. The van der Waals surface area contributed by atoms with Crippen molar-refractivity contribution in [2.45, 2.75) is 38.3 Å². The Morgan fingerprint density at radius 3 is 2.93 bits per heavy atom. The summed E-state index contributed by atoms with van der Waals surface area (Å²) in [5.74, 6) is 0.115. The molecule has 1 fully saturated rings. The first kappa shape index (κ1) is 17.6. The highest BCUT2D eigenvalue weighted by Crippen LogP contribution is 2.34. The number of aromatic amines is 1. The molecule has 0 saturated heterocycles. The van der Waals surface area contributed by atoms with Crippen LogP contribution in [0.15, 0.2) is 36.9 Å². The van der Waals surface area contributed by atoms with Crippen LogP contribution in [0.4, 0.5) is 10.3 Å². The summed E-state index contributed by atoms with van der Waals surface area (Å²) in [5, 5.41) is 7.15. The highest BCUT2D eigenvalue weighted by atomic mass is 19.1. The summed E-state index contributed by atoms with van der Waals surface area (Å²) >= 11 is 0. The van der Waals surface area contributed by atoms with Crippen molar-refractivity contribution in [2.24, 2.45) is 0 Å². The van der Waals surface area contributed by atoms with Gasteiger partial charge in [0.25, 0.3) is 0 Å². The van der Waals surface area contributed by atoms with Crippen molar-refractivity contribution in [1.82, 2.24) is 29.7 Å². The zero-order chi connectivity index (χ0) is 20.2. The van der Waals surface area contributed by atoms with E-state index in [-0.39, 0.29) is 17.5 Å². The molecule has 3 N–H and O–H groups in total. The second kappa shape index (κ2) is 6.26. The smallest absolute Gasteiger partial charge is 0.224 e. The lowest BCUT2D eigenvalue weighted by Crippen LogP contribution is -2.59. The first-order valence-corrected chi connectivity index (χ1v) is 9.43. The van der Waals surface area contributed by atoms with E-state index in [0.29, 0.717) is 17.2 Å². The van der Waals surface area contributed by atoms with E-state index in [4.69, 9.17) is 0 Å². The number of anilines is 1. The average Bonchev–Trinajstić information content (AvgIpc) is 3.23. The molecule has 0 aliphatic heterocycles. The van der Waals surface area contributed by atoms with Gasteiger partial charge in [-0.25, -0.2) is 9.97 Å². The SMILES string of the molecule is CC(=O)N[C@]1(C)C[C@H](Nc2ncc3c(-c4ccc5ncc(F)n5c4)c[nH]c3n2)C1. The molecule has 1 saturated carbocycles. The molecule has 29 heavy (non-hydrogen) atoms. The number of hydrogen-bond donors (Lipinski definition) is 3. The van der Waals surface area contributed by atoms with E-state index in [0.717, 1.165) is 29.4 Å². The van der Waals surface area contributed by atoms with Crippen LogP contribution in [-0.2, 0) is 4.79 Å². The Balaban J connectivity index is 1.37. The van der Waals surface area contributed by atoms with Gasteiger partial charge < -0.3 is 15.6 Å². The van der Waals surface area contributed by atoms with Gasteiger partial charge in [-0.2, -0.15) is 9.37 Å². The van der Waals surface area contributed by atoms with Crippen molar-refractivity contribution in [3.63, 3.8) is 0 Å². The van der Waals surface area contributed by atoms with Crippen molar-refractivity contribution in [2.75, 3.05) is 5.32 Å². The van der Waals surface area contributed by atoms with Crippen LogP contribution in [0.1, 0.15) is 26.7 Å². The number of nitrogens with zero attached hydrogens (tertiary/aromatic N) is 4. The van der Waals surface area contributed by atoms with Gasteiger partial charge in [0.05, 0.1) is 6.20 Å². The van der Waals surface area contributed by atoms with E-state index < -0.39 is 5.95 Å². The molecule has 148 valence electrons. The number of imidazole rings is 1. The second-order valence-corrected chi connectivity index (χ2v) is 7.88. The fourth-order valence-electron chi connectivity index (χ4n) is 4.17. The zero-order valence-corrected chi connectivity index (χ0v) is 16.0. The molecule has 4 aromatic heterocycles. The Labute approximate surface area is 165 Å². The summed E-state index contributed by atoms with van der Waals surface area (Å²) in [6, 6.07) is 3.88. The van der Waals surface area contributed by atoms with Gasteiger partial charge >= 0.3 is 0 Å². The molecule has 0 bridgehead atoms. The van der Waals surface area contributed by atoms with Crippen LogP contribution in [-0.4, -0.2) is 41.8 Å². The summed E-state index contributed by atoms with van der Waals surface area (Å²) in [4.78, 5) is 27.5. The molecule has 0 radical (unpaired) electrons. The highest BCUT2D eigenvalue weighted by Gasteiger charge is 2.41. The minimum absolute atomic E-state index is 0.0173. The predicted molar refractivity (Wildman–Crippen MR) is 107 cm³/mol. The van der Waals surface area contributed by atoms with Crippen LogP contribution in [0.2, 0.25) is 0 Å². The Bertz CT molecular complexity index is 1240. The van der Waals surface area contributed by atoms with E-state index in [1.165, 1.54) is 17.5 Å². The van der Waals surface area contributed by atoms with Gasteiger partial charge in [-0.1, -0.05) is 0 Å². The van der Waals surface area contributed by atoms with Crippen LogP contribution >= 0.6 is 0 Å². The first-order chi connectivity index (χ1) is 13.9. The summed E-state index contributed by atoms with van der Waals surface area (Å²) in [7, 11) is 0. The summed E-state index contributed by atoms with van der Waals surface area (Å²) < 4.78 is 15.3. The van der Waals surface area contributed by atoms with Crippen molar-refractivity contribution in [1.29, 1.82) is 0 Å². The maximum absolute atomic E-state index is 13.9. The quantitative estimate of drug-likeness (QED) is 0.495. The molecule has 1 aliphatic rings. The number of hydrogen-bond acceptors (Lipinski definition) is 5. The van der Waals surface area contributed by atoms with Crippen LogP contribution in [0, 0.1) is 5.95 Å². The molecular formula is C20H20FN7O. The topological polar surface area (TPSA) is 100 Å². The van der Waals surface area contributed by atoms with E-state index in [1.54, 1.807) is 18.5 Å². The first-order valence-electron chi connectivity index (χ1n) is 9.43. The number of aromatic nitrogens is 5. The van der Waals surface area contributed by atoms with Crippen molar-refractivity contribution >= 4 is 28.5 Å². The maximum atomic E-state index is 13.9. The summed E-state index contributed by atoms with van der Waals surface area (Å²) in [5.41, 5.74) is 2.82. The molecule has 4 heterocycles. The third kappa shape index (κ3) is 3.08. The number of amides is 1. The van der Waals surface area contributed by atoms with Gasteiger partial charge in [-0.15, -0.1) is 0 Å². The normalized spacial score (nSPS) is 21.3. The number of rotatable bonds is 4. The maximum Gasteiger partial charge on any atom is 0.224 e. The lowest BCUT2D eigenvalue weighted by atomic mass is 9.74. The molecule has 0 atom stereocenters. The van der Waals surface area contributed by atoms with Crippen molar-refractivity contribution in [3.8, 4) is 11.1 Å². The molecule has 0 spiro atoms. The van der Waals surface area contributed by atoms with Crippen molar-refractivity contribution in [3.05, 3.63) is 42.9 Å². The molecule has 8 nitrogen and oxygen atoms in total. The standard InChI is InChI=1S/C20H20FN7O/c1-11(29)27-20(2)5-13(6-20)25-19-24-8-15-14(7-23-18(15)26-19)12-3-4-17-22-9-16(21)28(17)10-12/h3-4,7-10,13H,5-6H2,1-2H3,(H,27,29)(H2,23,24,25,26)/t13-,20+. The van der Waals surface area contributed by atoms with Gasteiger partial charge in [-0.3, -0.25) is 9.20 Å². The number of halogens is 1. The Morgan fingerprint density at radius 2 is 2.14 bits per heavy atom. The van der Waals surface area contributed by atoms with Crippen LogP contribution in [0.25, 0.3) is 27.8 Å². The number of H-pyrrole nitrogens is 1. The molecule has 0 unspecified atom stereocenters. The predicted octanol–water partition coefficient (Wildman–Crippen LogP) is 2.88. The lowest BCUT2D eigenvalue weighted by molar-refractivity contribution is -0.121. The van der Waals surface area contributed by atoms with E-state index in [9.17, 15) is 9.18 Å². The third-order valence-electron chi connectivity index (χ3n) is 5.41. The van der Waals surface area contributed by atoms with Crippen LogP contribution in [0.3, 0.4) is 0 Å². The number of carbonyl (C=O) groups is 1. The number of fused-ring (bicyclic) bond motifs is 2. The van der Waals surface area contributed by atoms with Crippen LogP contribution < -0.4 is 10.6 Å². The van der Waals surface area contributed by atoms with Gasteiger partial charge in [0.2, 0.25) is 17.8 Å². The second-order valence-electron chi connectivity index (χ2n) is 7.88. The van der Waals surface area contributed by atoms with E-state index >= 15 is 0 Å². The van der Waals surface area contributed by atoms with Gasteiger partial charge in [0.1, 0.15) is 11.3 Å². The molecular weight excluding hydrogens is 373 g/mol. The largest absolute Gasteiger partial charge is 0.351 e. The van der Waals surface area contributed by atoms with Gasteiger partial charge in [-0.05, 0) is 31.9 Å². The Kier molecular flexibility index (Phi) is 3.80. The monoisotopic (exact) mass is 393 g/mol. The fourth-order valence-corrected chi connectivity index (χ4v) is 4.17. The summed E-state index contributed by atoms with van der Waals surface area (Å²) in [6.07, 6.45) is 8.16. The number of pyridine rings is 1. The molecule has 4 aromatic rings. The number of carbonyl (C=O) groups excluding carboxylic acids is 1. The molecule has 9 heteroatoms. The van der Waals surface area contributed by atoms with Gasteiger partial charge in [0, 0.05) is 53.6 Å². The molecule has 1 aliphatic carbocycles. The van der Waals surface area contributed by atoms with Gasteiger partial charge in [0.15, 0.2) is 0 Å². The minimum atomic E-state index is -0.406. The highest BCUT2D eigenvalue weighted by molar-refractivity contribution is 5.93. The lowest BCUT2D eigenvalue weighted by Gasteiger charge is -2.45. The molecule has 1 amide bonds. The number of nitrogens with one attached hydrogen (secondary N) is 3. The van der Waals surface area contributed by atoms with E-state index in [1.807, 2.05) is 19.2 Å². The van der Waals surface area contributed by atoms with Crippen LogP contribution in [0.5, 0.6) is 0 Å². The van der Waals surface area contributed by atoms with E-state index in [2.05, 4.69) is 30.6 Å². The Morgan fingerprint density at radius 1 is 1.31 bits per heavy atom. The molecule has 0 aromatic carbocycles. The Hall–Kier alpha value is -3.49. The summed E-state index contributed by atoms with van der Waals surface area (Å²) in [6.45, 7) is 3.57.